The van der Waals surface area contributed by atoms with Gasteiger partial charge in [0, 0.05) is 31.0 Å². The Bertz CT molecular complexity index is 748. The van der Waals surface area contributed by atoms with Crippen LogP contribution in [0.25, 0.3) is 0 Å². The fourth-order valence-electron chi connectivity index (χ4n) is 3.35. The molecule has 1 aliphatic heterocycles. The van der Waals surface area contributed by atoms with Crippen LogP contribution in [0.2, 0.25) is 0 Å². The van der Waals surface area contributed by atoms with Crippen molar-refractivity contribution < 1.29 is 14.3 Å². The van der Waals surface area contributed by atoms with E-state index in [0.29, 0.717) is 13.2 Å². The lowest BCUT2D eigenvalue weighted by atomic mass is 9.93. The predicted octanol–water partition coefficient (Wildman–Crippen LogP) is 2.10. The maximum atomic E-state index is 12.5. The number of nitrogens with zero attached hydrogens (tertiary/aromatic N) is 2. The van der Waals surface area contributed by atoms with Gasteiger partial charge in [0.25, 0.3) is 0 Å². The number of hydrogen-bond donors (Lipinski definition) is 1. The summed E-state index contributed by atoms with van der Waals surface area (Å²) < 4.78 is 13.1. The molecule has 0 spiro atoms. The van der Waals surface area contributed by atoms with E-state index >= 15 is 0 Å². The lowest BCUT2D eigenvalue weighted by molar-refractivity contribution is -0.122. The number of nitrogens with one attached hydrogen (secondary N) is 1. The van der Waals surface area contributed by atoms with E-state index < -0.39 is 5.60 Å². The van der Waals surface area contributed by atoms with Gasteiger partial charge in [-0.15, -0.1) is 0 Å². The molecule has 1 saturated heterocycles. The summed E-state index contributed by atoms with van der Waals surface area (Å²) in [6.45, 7) is 3.16. The Morgan fingerprint density at radius 1 is 1.48 bits per heavy atom. The summed E-state index contributed by atoms with van der Waals surface area (Å²) in [5.41, 5.74) is 2.54. The SMILES string of the molecule is COc1ccc(C)cc1CC(=O)NCC1(c2cnn(C)c2)CCCO1. The molecule has 1 N–H and O–H groups in total. The second-order valence-corrected chi connectivity index (χ2v) is 6.62. The smallest absolute Gasteiger partial charge is 0.224 e. The molecule has 2 aromatic rings. The molecule has 2 heterocycles. The van der Waals surface area contributed by atoms with Gasteiger partial charge >= 0.3 is 0 Å². The first-order valence-corrected chi connectivity index (χ1v) is 8.56. The van der Waals surface area contributed by atoms with Crippen LogP contribution in [0.3, 0.4) is 0 Å². The number of amides is 1. The average molecular weight is 343 g/mol. The zero-order valence-electron chi connectivity index (χ0n) is 15.0. The van der Waals surface area contributed by atoms with Gasteiger partial charge in [-0.3, -0.25) is 9.48 Å². The Kier molecular flexibility index (Phi) is 5.08. The van der Waals surface area contributed by atoms with Crippen molar-refractivity contribution in [2.75, 3.05) is 20.3 Å². The van der Waals surface area contributed by atoms with E-state index in [9.17, 15) is 4.79 Å². The van der Waals surface area contributed by atoms with Crippen LogP contribution in [0.1, 0.15) is 29.5 Å². The summed E-state index contributed by atoms with van der Waals surface area (Å²) in [7, 11) is 3.50. The Morgan fingerprint density at radius 2 is 2.32 bits per heavy atom. The lowest BCUT2D eigenvalue weighted by Gasteiger charge is -2.27. The highest BCUT2D eigenvalue weighted by atomic mass is 16.5. The second-order valence-electron chi connectivity index (χ2n) is 6.62. The van der Waals surface area contributed by atoms with Crippen molar-refractivity contribution in [1.29, 1.82) is 0 Å². The summed E-state index contributed by atoms with van der Waals surface area (Å²) >= 11 is 0. The molecule has 1 aromatic heterocycles. The molecule has 1 amide bonds. The number of rotatable bonds is 6. The molecule has 134 valence electrons. The van der Waals surface area contributed by atoms with Crippen LogP contribution in [0.15, 0.2) is 30.6 Å². The van der Waals surface area contributed by atoms with E-state index in [4.69, 9.17) is 9.47 Å². The quantitative estimate of drug-likeness (QED) is 0.872. The Morgan fingerprint density at radius 3 is 2.96 bits per heavy atom. The van der Waals surface area contributed by atoms with Crippen molar-refractivity contribution in [3.8, 4) is 5.75 Å². The number of methoxy groups -OCH3 is 1. The normalized spacial score (nSPS) is 19.8. The van der Waals surface area contributed by atoms with Crippen LogP contribution in [-0.2, 0) is 28.6 Å². The van der Waals surface area contributed by atoms with E-state index in [1.54, 1.807) is 11.8 Å². The molecule has 1 atom stereocenters. The first-order chi connectivity index (χ1) is 12.0. The number of aromatic nitrogens is 2. The Hall–Kier alpha value is -2.34. The monoisotopic (exact) mass is 343 g/mol. The first kappa shape index (κ1) is 17.5. The number of carbonyl (C=O) groups excluding carboxylic acids is 1. The minimum atomic E-state index is -0.472. The Labute approximate surface area is 148 Å². The van der Waals surface area contributed by atoms with Crippen molar-refractivity contribution in [2.24, 2.45) is 7.05 Å². The van der Waals surface area contributed by atoms with Gasteiger partial charge in [-0.1, -0.05) is 17.7 Å². The zero-order chi connectivity index (χ0) is 17.9. The fraction of sp³-hybridized carbons (Fsp3) is 0.474. The van der Waals surface area contributed by atoms with E-state index in [1.165, 1.54) is 0 Å². The number of carbonyl (C=O) groups is 1. The van der Waals surface area contributed by atoms with Gasteiger partial charge in [0.15, 0.2) is 0 Å². The molecule has 0 radical (unpaired) electrons. The molecular formula is C19H25N3O3. The molecule has 25 heavy (non-hydrogen) atoms. The van der Waals surface area contributed by atoms with Crippen LogP contribution in [-0.4, -0.2) is 35.9 Å². The molecule has 6 heteroatoms. The van der Waals surface area contributed by atoms with E-state index in [0.717, 1.165) is 35.3 Å². The molecule has 0 saturated carbocycles. The number of benzene rings is 1. The van der Waals surface area contributed by atoms with Crippen LogP contribution < -0.4 is 10.1 Å². The van der Waals surface area contributed by atoms with Crippen LogP contribution >= 0.6 is 0 Å². The topological polar surface area (TPSA) is 65.4 Å². The highest BCUT2D eigenvalue weighted by molar-refractivity contribution is 5.79. The molecule has 0 aliphatic carbocycles. The van der Waals surface area contributed by atoms with Crippen molar-refractivity contribution in [3.05, 3.63) is 47.3 Å². The number of hydrogen-bond acceptors (Lipinski definition) is 4. The molecular weight excluding hydrogens is 318 g/mol. The second kappa shape index (κ2) is 7.27. The molecule has 3 rings (SSSR count). The third kappa shape index (κ3) is 3.85. The van der Waals surface area contributed by atoms with Crippen LogP contribution in [0.5, 0.6) is 5.75 Å². The third-order valence-corrected chi connectivity index (χ3v) is 4.69. The standard InChI is InChI=1S/C19H25N3O3/c1-14-5-6-17(24-3)15(9-14)10-18(23)20-13-19(7-4-8-25-19)16-11-21-22(2)12-16/h5-6,9,11-12H,4,7-8,10,13H2,1-3H3,(H,20,23). The fourth-order valence-corrected chi connectivity index (χ4v) is 3.35. The van der Waals surface area contributed by atoms with Crippen molar-refractivity contribution in [2.45, 2.75) is 31.8 Å². The molecule has 6 nitrogen and oxygen atoms in total. The van der Waals surface area contributed by atoms with Gasteiger partial charge in [-0.05, 0) is 25.8 Å². The number of ether oxygens (including phenoxy) is 2. The van der Waals surface area contributed by atoms with Gasteiger partial charge in [0.05, 0.1) is 26.3 Å². The number of aryl methyl sites for hydroxylation is 2. The van der Waals surface area contributed by atoms with E-state index in [1.807, 2.05) is 44.6 Å². The van der Waals surface area contributed by atoms with Crippen LogP contribution in [0.4, 0.5) is 0 Å². The summed E-state index contributed by atoms with van der Waals surface area (Å²) in [5, 5.41) is 7.28. The third-order valence-electron chi connectivity index (χ3n) is 4.69. The minimum absolute atomic E-state index is 0.0392. The van der Waals surface area contributed by atoms with Crippen molar-refractivity contribution in [3.63, 3.8) is 0 Å². The van der Waals surface area contributed by atoms with Gasteiger partial charge < -0.3 is 14.8 Å². The van der Waals surface area contributed by atoms with Crippen LogP contribution in [0, 0.1) is 6.92 Å². The van der Waals surface area contributed by atoms with Gasteiger partial charge in [0.2, 0.25) is 5.91 Å². The summed E-state index contributed by atoms with van der Waals surface area (Å²) in [5.74, 6) is 0.697. The largest absolute Gasteiger partial charge is 0.496 e. The van der Waals surface area contributed by atoms with Crippen molar-refractivity contribution >= 4 is 5.91 Å². The van der Waals surface area contributed by atoms with Gasteiger partial charge in [-0.25, -0.2) is 0 Å². The maximum absolute atomic E-state index is 12.5. The molecule has 1 fully saturated rings. The summed E-state index contributed by atoms with van der Waals surface area (Å²) in [6, 6.07) is 5.86. The first-order valence-electron chi connectivity index (χ1n) is 8.56. The predicted molar refractivity (Wildman–Crippen MR) is 94.5 cm³/mol. The highest BCUT2D eigenvalue weighted by Crippen LogP contribution is 2.35. The minimum Gasteiger partial charge on any atom is -0.496 e. The average Bonchev–Trinajstić information content (AvgIpc) is 3.23. The molecule has 1 aromatic carbocycles. The summed E-state index contributed by atoms with van der Waals surface area (Å²) in [6.07, 6.45) is 5.93. The maximum Gasteiger partial charge on any atom is 0.224 e. The highest BCUT2D eigenvalue weighted by Gasteiger charge is 2.38. The van der Waals surface area contributed by atoms with E-state index in [2.05, 4.69) is 10.4 Å². The van der Waals surface area contributed by atoms with Crippen molar-refractivity contribution in [1.82, 2.24) is 15.1 Å². The summed E-state index contributed by atoms with van der Waals surface area (Å²) in [4.78, 5) is 12.5. The molecule has 1 unspecified atom stereocenters. The lowest BCUT2D eigenvalue weighted by Crippen LogP contribution is -2.40. The zero-order valence-corrected chi connectivity index (χ0v) is 15.0. The van der Waals surface area contributed by atoms with E-state index in [-0.39, 0.29) is 12.3 Å². The van der Waals surface area contributed by atoms with Gasteiger partial charge in [0.1, 0.15) is 11.4 Å². The molecule has 1 aliphatic rings. The molecule has 0 bridgehead atoms. The van der Waals surface area contributed by atoms with Gasteiger partial charge in [-0.2, -0.15) is 5.10 Å². The Balaban J connectivity index is 1.68.